The monoisotopic (exact) mass is 495 g/mol. The molecule has 2 aliphatic rings. The number of hydrogen-bond acceptors (Lipinski definition) is 6. The normalized spacial score (nSPS) is 19.4. The SMILES string of the molecule is Cc1nn([C@H](C)C(=O)NCCCN2CCC(N3CCCCC3)CC2)c(=O)c2c1sc1ccccc12. The van der Waals surface area contributed by atoms with Crippen LogP contribution in [0.3, 0.4) is 0 Å². The summed E-state index contributed by atoms with van der Waals surface area (Å²) in [5, 5.41) is 9.15. The molecule has 0 radical (unpaired) electrons. The highest BCUT2D eigenvalue weighted by atomic mass is 32.1. The number of amides is 1. The van der Waals surface area contributed by atoms with Gasteiger partial charge in [0.2, 0.25) is 5.91 Å². The molecule has 2 saturated heterocycles. The van der Waals surface area contributed by atoms with Gasteiger partial charge in [-0.15, -0.1) is 11.3 Å². The summed E-state index contributed by atoms with van der Waals surface area (Å²) >= 11 is 1.59. The Morgan fingerprint density at radius 3 is 2.66 bits per heavy atom. The third-order valence-corrected chi connectivity index (χ3v) is 9.04. The van der Waals surface area contributed by atoms with Crippen molar-refractivity contribution >= 4 is 37.4 Å². The molecule has 1 atom stereocenters. The van der Waals surface area contributed by atoms with E-state index in [4.69, 9.17) is 0 Å². The van der Waals surface area contributed by atoms with Crippen LogP contribution in [0.2, 0.25) is 0 Å². The van der Waals surface area contributed by atoms with Crippen LogP contribution in [0.15, 0.2) is 29.1 Å². The van der Waals surface area contributed by atoms with Crippen molar-refractivity contribution in [3.8, 4) is 0 Å². The molecule has 7 nitrogen and oxygen atoms in total. The topological polar surface area (TPSA) is 70.5 Å². The zero-order chi connectivity index (χ0) is 24.4. The minimum Gasteiger partial charge on any atom is -0.354 e. The predicted octanol–water partition coefficient (Wildman–Crippen LogP) is 3.94. The molecule has 0 spiro atoms. The van der Waals surface area contributed by atoms with E-state index in [9.17, 15) is 9.59 Å². The number of carbonyl (C=O) groups is 1. The number of nitrogens with one attached hydrogen (secondary N) is 1. The van der Waals surface area contributed by atoms with Gasteiger partial charge in [-0.3, -0.25) is 9.59 Å². The van der Waals surface area contributed by atoms with Gasteiger partial charge in [-0.25, -0.2) is 4.68 Å². The second kappa shape index (κ2) is 10.8. The van der Waals surface area contributed by atoms with Crippen LogP contribution in [-0.4, -0.2) is 70.8 Å². The van der Waals surface area contributed by atoms with Crippen molar-refractivity contribution in [1.82, 2.24) is 24.9 Å². The lowest BCUT2D eigenvalue weighted by atomic mass is 10.00. The van der Waals surface area contributed by atoms with Gasteiger partial charge >= 0.3 is 0 Å². The first-order valence-corrected chi connectivity index (χ1v) is 14.0. The van der Waals surface area contributed by atoms with E-state index in [1.54, 1.807) is 18.3 Å². The van der Waals surface area contributed by atoms with Gasteiger partial charge in [0.05, 0.1) is 15.8 Å². The summed E-state index contributed by atoms with van der Waals surface area (Å²) in [4.78, 5) is 31.4. The summed E-state index contributed by atoms with van der Waals surface area (Å²) in [6.45, 7) is 10.2. The van der Waals surface area contributed by atoms with Crippen molar-refractivity contribution in [1.29, 1.82) is 0 Å². The van der Waals surface area contributed by atoms with E-state index in [1.807, 2.05) is 31.2 Å². The Kier molecular flexibility index (Phi) is 7.51. The Bertz CT molecular complexity index is 1240. The first-order chi connectivity index (χ1) is 17.0. The van der Waals surface area contributed by atoms with Crippen molar-refractivity contribution < 1.29 is 4.79 Å². The number of aryl methyl sites for hydroxylation is 1. The number of hydrogen-bond donors (Lipinski definition) is 1. The van der Waals surface area contributed by atoms with Crippen LogP contribution in [0.4, 0.5) is 0 Å². The number of nitrogens with zero attached hydrogens (tertiary/aromatic N) is 4. The molecule has 4 heterocycles. The number of carbonyl (C=O) groups excluding carboxylic acids is 1. The van der Waals surface area contributed by atoms with E-state index in [1.165, 1.54) is 49.9 Å². The molecular formula is C27H37N5O2S. The minimum absolute atomic E-state index is 0.151. The molecule has 35 heavy (non-hydrogen) atoms. The molecule has 0 aliphatic carbocycles. The molecule has 2 aromatic heterocycles. The van der Waals surface area contributed by atoms with Gasteiger partial charge in [-0.1, -0.05) is 24.6 Å². The van der Waals surface area contributed by atoms with Gasteiger partial charge in [0.15, 0.2) is 0 Å². The minimum atomic E-state index is -0.649. The molecular weight excluding hydrogens is 458 g/mol. The zero-order valence-electron chi connectivity index (χ0n) is 21.0. The molecule has 8 heteroatoms. The maximum absolute atomic E-state index is 13.3. The highest BCUT2D eigenvalue weighted by Crippen LogP contribution is 2.32. The highest BCUT2D eigenvalue weighted by Gasteiger charge is 2.25. The predicted molar refractivity (Wildman–Crippen MR) is 143 cm³/mol. The van der Waals surface area contributed by atoms with E-state index < -0.39 is 6.04 Å². The Morgan fingerprint density at radius 2 is 1.89 bits per heavy atom. The molecule has 0 saturated carbocycles. The van der Waals surface area contributed by atoms with Gasteiger partial charge in [0.25, 0.3) is 5.56 Å². The summed E-state index contributed by atoms with van der Waals surface area (Å²) < 4.78 is 3.33. The first-order valence-electron chi connectivity index (χ1n) is 13.2. The quantitative estimate of drug-likeness (QED) is 0.503. The Hall–Kier alpha value is -2.29. The average Bonchev–Trinajstić information content (AvgIpc) is 3.30. The molecule has 2 fully saturated rings. The van der Waals surface area contributed by atoms with Crippen LogP contribution in [-0.2, 0) is 4.79 Å². The Labute approximate surface area is 211 Å². The van der Waals surface area contributed by atoms with Crippen LogP contribution in [0.5, 0.6) is 0 Å². The van der Waals surface area contributed by atoms with Crippen LogP contribution in [0.1, 0.15) is 57.2 Å². The van der Waals surface area contributed by atoms with Crippen molar-refractivity contribution in [2.75, 3.05) is 39.3 Å². The fourth-order valence-electron chi connectivity index (χ4n) is 5.71. The Morgan fingerprint density at radius 1 is 1.14 bits per heavy atom. The molecule has 3 aromatic rings. The smallest absolute Gasteiger partial charge is 0.276 e. The first kappa shape index (κ1) is 24.4. The number of thiophene rings is 1. The molecule has 1 aromatic carbocycles. The fourth-order valence-corrected chi connectivity index (χ4v) is 6.84. The van der Waals surface area contributed by atoms with E-state index in [-0.39, 0.29) is 11.5 Å². The summed E-state index contributed by atoms with van der Waals surface area (Å²) in [6, 6.07) is 8.03. The van der Waals surface area contributed by atoms with E-state index in [2.05, 4.69) is 20.2 Å². The fraction of sp³-hybridized carbons (Fsp3) is 0.593. The largest absolute Gasteiger partial charge is 0.354 e. The molecule has 0 bridgehead atoms. The number of aromatic nitrogens is 2. The lowest BCUT2D eigenvalue weighted by Gasteiger charge is -2.40. The third kappa shape index (κ3) is 5.15. The number of likely N-dealkylation sites (tertiary alicyclic amines) is 2. The van der Waals surface area contributed by atoms with Crippen molar-refractivity contribution in [2.45, 2.75) is 64.5 Å². The number of rotatable bonds is 7. The number of benzene rings is 1. The van der Waals surface area contributed by atoms with Gasteiger partial charge in [-0.2, -0.15) is 5.10 Å². The van der Waals surface area contributed by atoms with Crippen LogP contribution in [0, 0.1) is 6.92 Å². The lowest BCUT2D eigenvalue weighted by molar-refractivity contribution is -0.124. The third-order valence-electron chi connectivity index (χ3n) is 7.76. The van der Waals surface area contributed by atoms with Crippen molar-refractivity contribution in [3.63, 3.8) is 0 Å². The second-order valence-electron chi connectivity index (χ2n) is 10.1. The summed E-state index contributed by atoms with van der Waals surface area (Å²) in [7, 11) is 0. The van der Waals surface area contributed by atoms with Crippen LogP contribution >= 0.6 is 11.3 Å². The highest BCUT2D eigenvalue weighted by molar-refractivity contribution is 7.26. The van der Waals surface area contributed by atoms with Crippen LogP contribution in [0.25, 0.3) is 20.2 Å². The van der Waals surface area contributed by atoms with E-state index in [0.717, 1.165) is 52.6 Å². The second-order valence-corrected chi connectivity index (χ2v) is 11.2. The van der Waals surface area contributed by atoms with E-state index in [0.29, 0.717) is 11.9 Å². The lowest BCUT2D eigenvalue weighted by Crippen LogP contribution is -2.47. The van der Waals surface area contributed by atoms with Crippen LogP contribution < -0.4 is 10.9 Å². The molecule has 2 aliphatic heterocycles. The summed E-state index contributed by atoms with van der Waals surface area (Å²) in [5.41, 5.74) is 0.593. The summed E-state index contributed by atoms with van der Waals surface area (Å²) in [6.07, 6.45) is 7.55. The molecule has 1 N–H and O–H groups in total. The van der Waals surface area contributed by atoms with Gasteiger partial charge in [0, 0.05) is 22.7 Å². The molecule has 188 valence electrons. The maximum atomic E-state index is 13.3. The number of fused-ring (bicyclic) bond motifs is 3. The van der Waals surface area contributed by atoms with Crippen molar-refractivity contribution in [2.24, 2.45) is 0 Å². The van der Waals surface area contributed by atoms with Gasteiger partial charge in [0.1, 0.15) is 6.04 Å². The van der Waals surface area contributed by atoms with Gasteiger partial charge in [-0.05, 0) is 84.7 Å². The molecule has 0 unspecified atom stereocenters. The zero-order valence-corrected chi connectivity index (χ0v) is 21.8. The van der Waals surface area contributed by atoms with Crippen molar-refractivity contribution in [3.05, 3.63) is 40.3 Å². The standard InChI is InChI=1S/C27H37N5O2S/c1-19-25-24(22-9-4-5-10-23(22)35-25)27(34)32(29-19)20(2)26(33)28-13-8-14-30-17-11-21(12-18-30)31-15-6-3-7-16-31/h4-5,9-10,20-21H,3,6-8,11-18H2,1-2H3,(H,28,33)/t20-/m1/s1. The summed E-state index contributed by atoms with van der Waals surface area (Å²) in [5.74, 6) is -0.151. The molecule has 1 amide bonds. The maximum Gasteiger partial charge on any atom is 0.276 e. The molecule has 5 rings (SSSR count). The number of piperidine rings is 2. The van der Waals surface area contributed by atoms with Gasteiger partial charge < -0.3 is 15.1 Å². The Balaban J connectivity index is 1.14. The average molecular weight is 496 g/mol. The van der Waals surface area contributed by atoms with E-state index >= 15 is 0 Å².